The minimum absolute atomic E-state index is 0. The number of hydrogen-bond acceptors (Lipinski definition) is 5. The summed E-state index contributed by atoms with van der Waals surface area (Å²) < 4.78 is 25.6. The first-order chi connectivity index (χ1) is 13.4. The molecule has 3 rings (SSSR count). The monoisotopic (exact) mass is 428 g/mol. The summed E-state index contributed by atoms with van der Waals surface area (Å²) in [5, 5.41) is 10.9. The third kappa shape index (κ3) is 5.94. The minimum atomic E-state index is -2.79. The van der Waals surface area contributed by atoms with E-state index in [0.29, 0.717) is 25.8 Å². The molecule has 1 atom stereocenters. The topological polar surface area (TPSA) is 106 Å². The number of carbonyl (C=O) groups excluding carboxylic acids is 2. The van der Waals surface area contributed by atoms with Gasteiger partial charge in [-0.1, -0.05) is 18.2 Å². The van der Waals surface area contributed by atoms with Crippen molar-refractivity contribution >= 4 is 24.2 Å². The van der Waals surface area contributed by atoms with E-state index in [0.717, 1.165) is 10.6 Å². The first-order valence-corrected chi connectivity index (χ1v) is 9.04. The summed E-state index contributed by atoms with van der Waals surface area (Å²) in [6.07, 6.45) is 2.96. The number of unbranched alkanes of at least 4 members (excludes halogenated alkanes) is 1. The molecule has 2 heterocycles. The molecule has 1 aliphatic rings. The maximum absolute atomic E-state index is 12.8. The van der Waals surface area contributed by atoms with Gasteiger partial charge in [-0.15, -0.1) is 17.5 Å². The van der Waals surface area contributed by atoms with Gasteiger partial charge in [0.05, 0.1) is 31.0 Å². The van der Waals surface area contributed by atoms with Gasteiger partial charge in [0.2, 0.25) is 5.91 Å². The lowest BCUT2D eigenvalue weighted by molar-refractivity contribution is -0.167. The quantitative estimate of drug-likeness (QED) is 0.618. The number of hydrogen-bond donors (Lipinski definition) is 2. The van der Waals surface area contributed by atoms with Crippen LogP contribution in [-0.4, -0.2) is 63.3 Å². The number of likely N-dealkylation sites (tertiary alicyclic amines) is 1. The molecule has 1 aliphatic heterocycles. The average molecular weight is 429 g/mol. The van der Waals surface area contributed by atoms with Gasteiger partial charge in [-0.05, 0) is 31.4 Å². The number of nitrogens with two attached hydrogens (primary N) is 1. The molecule has 0 radical (unpaired) electrons. The number of nitrogens with zero attached hydrogens (tertiary/aromatic N) is 4. The van der Waals surface area contributed by atoms with E-state index in [4.69, 9.17) is 5.73 Å². The van der Waals surface area contributed by atoms with E-state index < -0.39 is 31.0 Å². The SMILES string of the molecule is Cl.N[C@@H](CCCCNC(=O)c1cnn(-c2ccccc2)n1)C(=O)N1CC(F)(F)C1. The summed E-state index contributed by atoms with van der Waals surface area (Å²) in [7, 11) is 0. The van der Waals surface area contributed by atoms with Crippen LogP contribution >= 0.6 is 12.4 Å². The van der Waals surface area contributed by atoms with Crippen molar-refractivity contribution in [2.45, 2.75) is 31.2 Å². The molecule has 1 aromatic carbocycles. The van der Waals surface area contributed by atoms with Gasteiger partial charge in [-0.3, -0.25) is 9.59 Å². The summed E-state index contributed by atoms with van der Waals surface area (Å²) in [5.74, 6) is -3.58. The Kier molecular flexibility index (Phi) is 7.63. The van der Waals surface area contributed by atoms with Gasteiger partial charge in [0.15, 0.2) is 5.69 Å². The third-order valence-electron chi connectivity index (χ3n) is 4.41. The highest BCUT2D eigenvalue weighted by atomic mass is 35.5. The van der Waals surface area contributed by atoms with Crippen LogP contribution in [0.4, 0.5) is 8.78 Å². The van der Waals surface area contributed by atoms with E-state index in [2.05, 4.69) is 15.5 Å². The molecule has 1 fully saturated rings. The number of aromatic nitrogens is 3. The summed E-state index contributed by atoms with van der Waals surface area (Å²) in [6, 6.07) is 8.43. The smallest absolute Gasteiger partial charge is 0.282 e. The van der Waals surface area contributed by atoms with Crippen molar-refractivity contribution in [1.82, 2.24) is 25.2 Å². The van der Waals surface area contributed by atoms with Crippen LogP contribution in [0, 0.1) is 0 Å². The Labute approximate surface area is 172 Å². The Morgan fingerprint density at radius 1 is 1.21 bits per heavy atom. The van der Waals surface area contributed by atoms with Crippen molar-refractivity contribution < 1.29 is 18.4 Å². The van der Waals surface area contributed by atoms with Crippen LogP contribution in [-0.2, 0) is 4.79 Å². The largest absolute Gasteiger partial charge is 0.351 e. The number of para-hydroxylation sites is 1. The number of nitrogens with one attached hydrogen (secondary N) is 1. The molecule has 158 valence electrons. The zero-order valence-electron chi connectivity index (χ0n) is 15.6. The molecule has 0 unspecified atom stereocenters. The maximum atomic E-state index is 12.8. The molecule has 0 bridgehead atoms. The summed E-state index contributed by atoms with van der Waals surface area (Å²) in [5.41, 5.74) is 6.72. The summed E-state index contributed by atoms with van der Waals surface area (Å²) in [6.45, 7) is -0.724. The lowest BCUT2D eigenvalue weighted by atomic mass is 10.1. The highest BCUT2D eigenvalue weighted by Gasteiger charge is 2.46. The molecule has 0 aliphatic carbocycles. The summed E-state index contributed by atoms with van der Waals surface area (Å²) in [4.78, 5) is 26.4. The van der Waals surface area contributed by atoms with Gasteiger partial charge in [0.1, 0.15) is 0 Å². The molecular formula is C18H23ClF2N6O2. The fourth-order valence-electron chi connectivity index (χ4n) is 2.86. The van der Waals surface area contributed by atoms with Crippen LogP contribution in [0.1, 0.15) is 29.8 Å². The normalized spacial score (nSPS) is 15.8. The van der Waals surface area contributed by atoms with Crippen LogP contribution in [0.15, 0.2) is 36.5 Å². The van der Waals surface area contributed by atoms with Gasteiger partial charge in [0, 0.05) is 6.54 Å². The number of halogens is 3. The standard InChI is InChI=1S/C18H22F2N6O2.ClH/c19-18(20)11-25(12-18)17(28)14(21)8-4-5-9-22-16(27)15-10-23-26(24-15)13-6-2-1-3-7-13;/h1-3,6-7,10,14H,4-5,8-9,11-12,21H2,(H,22,27);1H/t14-;/m0./s1. The second kappa shape index (κ2) is 9.75. The Morgan fingerprint density at radius 3 is 2.55 bits per heavy atom. The highest BCUT2D eigenvalue weighted by Crippen LogP contribution is 2.27. The van der Waals surface area contributed by atoms with E-state index in [1.54, 1.807) is 0 Å². The van der Waals surface area contributed by atoms with Crippen LogP contribution in [0.25, 0.3) is 5.69 Å². The van der Waals surface area contributed by atoms with Gasteiger partial charge in [-0.25, -0.2) is 8.78 Å². The molecule has 0 saturated carbocycles. The zero-order valence-corrected chi connectivity index (χ0v) is 16.4. The predicted octanol–water partition coefficient (Wildman–Crippen LogP) is 1.39. The van der Waals surface area contributed by atoms with E-state index in [1.807, 2.05) is 30.3 Å². The van der Waals surface area contributed by atoms with Gasteiger partial charge < -0.3 is 16.0 Å². The fourth-order valence-corrected chi connectivity index (χ4v) is 2.86. The molecule has 1 saturated heterocycles. The minimum Gasteiger partial charge on any atom is -0.351 e. The van der Waals surface area contributed by atoms with E-state index in [9.17, 15) is 18.4 Å². The van der Waals surface area contributed by atoms with Crippen molar-refractivity contribution in [2.75, 3.05) is 19.6 Å². The first-order valence-electron chi connectivity index (χ1n) is 9.04. The highest BCUT2D eigenvalue weighted by molar-refractivity contribution is 5.91. The number of benzene rings is 1. The van der Waals surface area contributed by atoms with Gasteiger partial charge in [0.25, 0.3) is 11.8 Å². The van der Waals surface area contributed by atoms with Crippen molar-refractivity contribution in [1.29, 1.82) is 0 Å². The predicted molar refractivity (Wildman–Crippen MR) is 104 cm³/mol. The molecule has 2 aromatic rings. The number of rotatable bonds is 8. The number of alkyl halides is 2. The lowest BCUT2D eigenvalue weighted by Crippen LogP contribution is -2.61. The average Bonchev–Trinajstić information content (AvgIpc) is 3.16. The molecule has 8 nitrogen and oxygen atoms in total. The maximum Gasteiger partial charge on any atom is 0.282 e. The van der Waals surface area contributed by atoms with Crippen molar-refractivity contribution in [3.05, 3.63) is 42.2 Å². The fraction of sp³-hybridized carbons (Fsp3) is 0.444. The Balaban J connectivity index is 0.00000300. The Morgan fingerprint density at radius 2 is 1.90 bits per heavy atom. The first kappa shape index (κ1) is 22.7. The van der Waals surface area contributed by atoms with Gasteiger partial charge in [-0.2, -0.15) is 9.90 Å². The van der Waals surface area contributed by atoms with Gasteiger partial charge >= 0.3 is 0 Å². The van der Waals surface area contributed by atoms with Crippen molar-refractivity contribution in [2.24, 2.45) is 5.73 Å². The Bertz CT molecular complexity index is 825. The van der Waals surface area contributed by atoms with Crippen LogP contribution in [0.5, 0.6) is 0 Å². The van der Waals surface area contributed by atoms with Crippen LogP contribution < -0.4 is 11.1 Å². The zero-order chi connectivity index (χ0) is 20.1. The van der Waals surface area contributed by atoms with E-state index in [1.165, 1.54) is 11.0 Å². The molecule has 11 heteroatoms. The van der Waals surface area contributed by atoms with E-state index in [-0.39, 0.29) is 24.0 Å². The lowest BCUT2D eigenvalue weighted by Gasteiger charge is -2.39. The van der Waals surface area contributed by atoms with Crippen molar-refractivity contribution in [3.8, 4) is 5.69 Å². The molecule has 1 aromatic heterocycles. The molecule has 0 spiro atoms. The second-order valence-electron chi connectivity index (χ2n) is 6.76. The van der Waals surface area contributed by atoms with Crippen LogP contribution in [0.3, 0.4) is 0 Å². The van der Waals surface area contributed by atoms with Crippen LogP contribution in [0.2, 0.25) is 0 Å². The molecular weight excluding hydrogens is 406 g/mol. The van der Waals surface area contributed by atoms with Crippen molar-refractivity contribution in [3.63, 3.8) is 0 Å². The molecule has 3 N–H and O–H groups in total. The molecule has 2 amide bonds. The second-order valence-corrected chi connectivity index (χ2v) is 6.76. The number of carbonyl (C=O) groups is 2. The summed E-state index contributed by atoms with van der Waals surface area (Å²) >= 11 is 0. The Hall–Kier alpha value is -2.59. The third-order valence-corrected chi connectivity index (χ3v) is 4.41. The van der Waals surface area contributed by atoms with E-state index >= 15 is 0 Å². The number of amides is 2. The molecule has 29 heavy (non-hydrogen) atoms.